The van der Waals surface area contributed by atoms with E-state index in [1.54, 1.807) is 0 Å². The molecular weight excluding hydrogens is 234 g/mol. The quantitative estimate of drug-likeness (QED) is 0.789. The van der Waals surface area contributed by atoms with Crippen molar-refractivity contribution in [1.82, 2.24) is 5.32 Å². The first-order valence-electron chi connectivity index (χ1n) is 8.34. The second-order valence-electron chi connectivity index (χ2n) is 8.46. The molecule has 19 heavy (non-hydrogen) atoms. The lowest BCUT2D eigenvalue weighted by Gasteiger charge is -2.37. The monoisotopic (exact) mass is 265 g/mol. The summed E-state index contributed by atoms with van der Waals surface area (Å²) in [6.45, 7) is 9.32. The van der Waals surface area contributed by atoms with Gasteiger partial charge < -0.3 is 10.1 Å². The lowest BCUT2D eigenvalue weighted by Crippen LogP contribution is -2.43. The minimum atomic E-state index is 0.442. The van der Waals surface area contributed by atoms with Crippen LogP contribution in [0.3, 0.4) is 0 Å². The Hall–Kier alpha value is -0.0800. The smallest absolute Gasteiger partial charge is 0.0672 e. The van der Waals surface area contributed by atoms with Gasteiger partial charge in [0.2, 0.25) is 0 Å². The molecule has 0 bridgehead atoms. The normalized spacial score (nSPS) is 35.8. The van der Waals surface area contributed by atoms with E-state index >= 15 is 0 Å². The van der Waals surface area contributed by atoms with Crippen LogP contribution in [0.5, 0.6) is 0 Å². The van der Waals surface area contributed by atoms with E-state index < -0.39 is 0 Å². The SMILES string of the molecule is CC(C)(C)CCC1(CNC2CC2)CCOC1C1CC1. The van der Waals surface area contributed by atoms with Gasteiger partial charge in [-0.3, -0.25) is 0 Å². The second-order valence-corrected chi connectivity index (χ2v) is 8.46. The molecule has 1 N–H and O–H groups in total. The minimum absolute atomic E-state index is 0.442. The summed E-state index contributed by atoms with van der Waals surface area (Å²) < 4.78 is 6.17. The van der Waals surface area contributed by atoms with Crippen molar-refractivity contribution in [2.24, 2.45) is 16.7 Å². The number of hydrogen-bond acceptors (Lipinski definition) is 2. The molecule has 0 aromatic heterocycles. The van der Waals surface area contributed by atoms with Crippen LogP contribution in [0.2, 0.25) is 0 Å². The minimum Gasteiger partial charge on any atom is -0.377 e. The van der Waals surface area contributed by atoms with Crippen LogP contribution in [0.4, 0.5) is 0 Å². The fraction of sp³-hybridized carbons (Fsp3) is 1.00. The molecule has 2 saturated carbocycles. The Morgan fingerprint density at radius 3 is 2.47 bits per heavy atom. The van der Waals surface area contributed by atoms with E-state index in [0.29, 0.717) is 16.9 Å². The summed E-state index contributed by atoms with van der Waals surface area (Å²) >= 11 is 0. The molecule has 1 heterocycles. The van der Waals surface area contributed by atoms with Gasteiger partial charge in [-0.15, -0.1) is 0 Å². The summed E-state index contributed by atoms with van der Waals surface area (Å²) in [5, 5.41) is 3.81. The highest BCUT2D eigenvalue weighted by Crippen LogP contribution is 2.51. The predicted molar refractivity (Wildman–Crippen MR) is 79.2 cm³/mol. The zero-order chi connectivity index (χ0) is 13.5. The van der Waals surface area contributed by atoms with Gasteiger partial charge in [-0.1, -0.05) is 20.8 Å². The molecule has 3 fully saturated rings. The topological polar surface area (TPSA) is 21.3 Å². The molecule has 1 saturated heterocycles. The molecule has 1 aliphatic heterocycles. The van der Waals surface area contributed by atoms with Crippen molar-refractivity contribution in [2.75, 3.05) is 13.2 Å². The van der Waals surface area contributed by atoms with Crippen molar-refractivity contribution in [3.63, 3.8) is 0 Å². The van der Waals surface area contributed by atoms with E-state index in [9.17, 15) is 0 Å². The molecule has 2 nitrogen and oxygen atoms in total. The van der Waals surface area contributed by atoms with Gasteiger partial charge in [-0.25, -0.2) is 0 Å². The zero-order valence-electron chi connectivity index (χ0n) is 13.0. The maximum atomic E-state index is 6.17. The molecule has 2 unspecified atom stereocenters. The second kappa shape index (κ2) is 5.04. The fourth-order valence-corrected chi connectivity index (χ4v) is 3.55. The van der Waals surface area contributed by atoms with Crippen molar-refractivity contribution in [3.05, 3.63) is 0 Å². The van der Waals surface area contributed by atoms with Crippen LogP contribution < -0.4 is 5.32 Å². The lowest BCUT2D eigenvalue weighted by molar-refractivity contribution is 0.0213. The van der Waals surface area contributed by atoms with Crippen molar-refractivity contribution in [1.29, 1.82) is 0 Å². The first-order valence-corrected chi connectivity index (χ1v) is 8.34. The average molecular weight is 265 g/mol. The van der Waals surface area contributed by atoms with E-state index in [0.717, 1.165) is 18.6 Å². The molecule has 0 amide bonds. The number of rotatable bonds is 6. The van der Waals surface area contributed by atoms with Crippen molar-refractivity contribution in [2.45, 2.75) is 77.9 Å². The standard InChI is InChI=1S/C17H31NO/c1-16(2,3)8-9-17(12-18-14-6-7-14)10-11-19-15(17)13-4-5-13/h13-15,18H,4-12H2,1-3H3. The maximum Gasteiger partial charge on any atom is 0.0672 e. The Bertz CT molecular complexity index is 314. The molecule has 0 aromatic rings. The van der Waals surface area contributed by atoms with Gasteiger partial charge in [0.05, 0.1) is 6.10 Å². The highest BCUT2D eigenvalue weighted by Gasteiger charge is 2.51. The summed E-state index contributed by atoms with van der Waals surface area (Å²) in [5.41, 5.74) is 0.889. The lowest BCUT2D eigenvalue weighted by atomic mass is 9.71. The zero-order valence-corrected chi connectivity index (χ0v) is 13.0. The van der Waals surface area contributed by atoms with Gasteiger partial charge in [0.25, 0.3) is 0 Å². The van der Waals surface area contributed by atoms with Crippen LogP contribution in [0.25, 0.3) is 0 Å². The van der Waals surface area contributed by atoms with E-state index in [-0.39, 0.29) is 0 Å². The van der Waals surface area contributed by atoms with Crippen LogP contribution in [0.15, 0.2) is 0 Å². The van der Waals surface area contributed by atoms with Gasteiger partial charge in [0.15, 0.2) is 0 Å². The third-order valence-electron chi connectivity index (χ3n) is 5.24. The molecule has 3 aliphatic rings. The Balaban J connectivity index is 1.65. The summed E-state index contributed by atoms with van der Waals surface area (Å²) in [6, 6.07) is 0.826. The fourth-order valence-electron chi connectivity index (χ4n) is 3.55. The molecule has 0 radical (unpaired) electrons. The van der Waals surface area contributed by atoms with E-state index in [1.165, 1.54) is 51.5 Å². The average Bonchev–Trinajstić information content (AvgIpc) is 3.23. The Labute approximate surface area is 118 Å². The maximum absolute atomic E-state index is 6.17. The highest BCUT2D eigenvalue weighted by atomic mass is 16.5. The van der Waals surface area contributed by atoms with E-state index in [4.69, 9.17) is 4.74 Å². The van der Waals surface area contributed by atoms with Gasteiger partial charge in [0, 0.05) is 24.6 Å². The van der Waals surface area contributed by atoms with Crippen LogP contribution >= 0.6 is 0 Å². The first kappa shape index (κ1) is 13.9. The van der Waals surface area contributed by atoms with Crippen LogP contribution in [0, 0.1) is 16.7 Å². The third-order valence-corrected chi connectivity index (χ3v) is 5.24. The molecule has 3 rings (SSSR count). The molecule has 0 spiro atoms. The summed E-state index contributed by atoms with van der Waals surface area (Å²) in [7, 11) is 0. The molecule has 2 aliphatic carbocycles. The molecule has 110 valence electrons. The molecule has 2 atom stereocenters. The molecule has 0 aromatic carbocycles. The molecular formula is C17H31NO. The van der Waals surface area contributed by atoms with Gasteiger partial charge in [-0.2, -0.15) is 0 Å². The van der Waals surface area contributed by atoms with Gasteiger partial charge in [-0.05, 0) is 56.3 Å². The number of hydrogen-bond donors (Lipinski definition) is 1. The Kier molecular flexibility index (Phi) is 3.68. The predicted octanol–water partition coefficient (Wildman–Crippen LogP) is 3.75. The van der Waals surface area contributed by atoms with Crippen molar-refractivity contribution >= 4 is 0 Å². The van der Waals surface area contributed by atoms with Crippen molar-refractivity contribution in [3.8, 4) is 0 Å². The number of ether oxygens (including phenoxy) is 1. The van der Waals surface area contributed by atoms with Crippen LogP contribution in [-0.2, 0) is 4.74 Å². The van der Waals surface area contributed by atoms with Crippen LogP contribution in [0.1, 0.15) is 65.7 Å². The summed E-state index contributed by atoms with van der Waals surface area (Å²) in [4.78, 5) is 0. The Morgan fingerprint density at radius 2 is 1.89 bits per heavy atom. The van der Waals surface area contributed by atoms with Gasteiger partial charge >= 0.3 is 0 Å². The van der Waals surface area contributed by atoms with Crippen molar-refractivity contribution < 1.29 is 4.74 Å². The van der Waals surface area contributed by atoms with E-state index in [1.807, 2.05) is 0 Å². The van der Waals surface area contributed by atoms with Crippen LogP contribution in [-0.4, -0.2) is 25.3 Å². The molecule has 2 heteroatoms. The van der Waals surface area contributed by atoms with E-state index in [2.05, 4.69) is 26.1 Å². The van der Waals surface area contributed by atoms with Gasteiger partial charge in [0.1, 0.15) is 0 Å². The number of nitrogens with one attached hydrogen (secondary N) is 1. The Morgan fingerprint density at radius 1 is 1.16 bits per heavy atom. The largest absolute Gasteiger partial charge is 0.377 e. The highest BCUT2D eigenvalue weighted by molar-refractivity contribution is 5.02. The summed E-state index contributed by atoms with van der Waals surface area (Å²) in [5.74, 6) is 0.878. The first-order chi connectivity index (χ1) is 8.99. The third kappa shape index (κ3) is 3.52. The summed E-state index contributed by atoms with van der Waals surface area (Å²) in [6.07, 6.45) is 10.1.